The molecule has 0 aromatic rings. The van der Waals surface area contributed by atoms with Crippen LogP contribution in [-0.2, 0) is 9.59 Å². The second-order valence-corrected chi connectivity index (χ2v) is 2.34. The summed E-state index contributed by atoms with van der Waals surface area (Å²) < 4.78 is 0. The highest BCUT2D eigenvalue weighted by molar-refractivity contribution is 6.33. The lowest BCUT2D eigenvalue weighted by Gasteiger charge is -2.09. The molecule has 0 fully saturated rings. The summed E-state index contributed by atoms with van der Waals surface area (Å²) in [5, 5.41) is 10.8. The molecular formula is C6H7N3O3. The largest absolute Gasteiger partial charge is 0.478 e. The second-order valence-electron chi connectivity index (χ2n) is 2.34. The summed E-state index contributed by atoms with van der Waals surface area (Å²) in [6.45, 7) is 1.34. The number of amides is 1. The zero-order valence-electron chi connectivity index (χ0n) is 6.31. The lowest BCUT2D eigenvalue weighted by atomic mass is 10.2. The van der Waals surface area contributed by atoms with Gasteiger partial charge in [0, 0.05) is 0 Å². The number of carboxylic acid groups (broad SMARTS) is 1. The van der Waals surface area contributed by atoms with Crippen LogP contribution in [0.1, 0.15) is 6.92 Å². The third-order valence-corrected chi connectivity index (χ3v) is 1.39. The van der Waals surface area contributed by atoms with Gasteiger partial charge in [0.1, 0.15) is 5.84 Å². The van der Waals surface area contributed by atoms with Crippen molar-refractivity contribution < 1.29 is 14.7 Å². The van der Waals surface area contributed by atoms with Crippen molar-refractivity contribution in [2.24, 2.45) is 9.98 Å². The summed E-state index contributed by atoms with van der Waals surface area (Å²) in [5.74, 6) is -0.989. The van der Waals surface area contributed by atoms with Crippen molar-refractivity contribution in [3.63, 3.8) is 0 Å². The summed E-state index contributed by atoms with van der Waals surface area (Å²) in [7, 11) is 0. The molecule has 1 aliphatic rings. The number of nitrogens with one attached hydrogen (secondary N) is 1. The first-order chi connectivity index (χ1) is 5.58. The molecule has 0 aliphatic carbocycles. The van der Waals surface area contributed by atoms with Gasteiger partial charge in [0.05, 0.1) is 6.21 Å². The molecule has 0 saturated carbocycles. The van der Waals surface area contributed by atoms with Crippen molar-refractivity contribution in [1.82, 2.24) is 5.32 Å². The molecule has 0 aromatic heterocycles. The Kier molecular flexibility index (Phi) is 1.90. The second kappa shape index (κ2) is 2.72. The third kappa shape index (κ3) is 1.31. The van der Waals surface area contributed by atoms with Crippen molar-refractivity contribution in [2.45, 2.75) is 12.6 Å². The maximum absolute atomic E-state index is 10.5. The maximum Gasteiger partial charge on any atom is 0.354 e. The number of nitrogens with zero attached hydrogens (tertiary/aromatic N) is 2. The molecule has 6 nitrogen and oxygen atoms in total. The van der Waals surface area contributed by atoms with Gasteiger partial charge in [0.15, 0.2) is 0 Å². The number of aliphatic carboxylic acids is 1. The Balaban J connectivity index is 2.83. The number of hydrogen-bond acceptors (Lipinski definition) is 4. The Morgan fingerprint density at radius 2 is 2.50 bits per heavy atom. The molecular weight excluding hydrogens is 162 g/mol. The van der Waals surface area contributed by atoms with Crippen molar-refractivity contribution in [3.05, 3.63) is 0 Å². The number of aliphatic imine (C=N–C) groups is 2. The SMILES string of the molecule is CC1(C(=O)O)N=CC(NC=O)=N1. The van der Waals surface area contributed by atoms with Crippen LogP contribution in [-0.4, -0.2) is 35.2 Å². The Morgan fingerprint density at radius 1 is 1.83 bits per heavy atom. The number of carbonyl (C=O) groups excluding carboxylic acids is 1. The Bertz CT molecular complexity index is 284. The molecule has 2 N–H and O–H groups in total. The van der Waals surface area contributed by atoms with Crippen molar-refractivity contribution in [1.29, 1.82) is 0 Å². The molecule has 1 atom stereocenters. The Hall–Kier alpha value is -1.72. The smallest absolute Gasteiger partial charge is 0.354 e. The van der Waals surface area contributed by atoms with Crippen LogP contribution in [0.5, 0.6) is 0 Å². The highest BCUT2D eigenvalue weighted by atomic mass is 16.4. The Morgan fingerprint density at radius 3 is 2.92 bits per heavy atom. The Labute approximate surface area is 68.0 Å². The number of carbonyl (C=O) groups is 2. The minimum Gasteiger partial charge on any atom is -0.478 e. The average molecular weight is 169 g/mol. The summed E-state index contributed by atoms with van der Waals surface area (Å²) in [6.07, 6.45) is 1.63. The van der Waals surface area contributed by atoms with Gasteiger partial charge in [0.25, 0.3) is 0 Å². The fourth-order valence-electron chi connectivity index (χ4n) is 0.712. The summed E-state index contributed by atoms with van der Waals surface area (Å²) in [5.41, 5.74) is -1.48. The van der Waals surface area contributed by atoms with Crippen LogP contribution in [0, 0.1) is 0 Å². The fraction of sp³-hybridized carbons (Fsp3) is 0.333. The molecule has 1 heterocycles. The topological polar surface area (TPSA) is 91.1 Å². The lowest BCUT2D eigenvalue weighted by molar-refractivity contribution is -0.142. The molecule has 6 heteroatoms. The van der Waals surface area contributed by atoms with Crippen molar-refractivity contribution in [2.75, 3.05) is 0 Å². The molecule has 1 aliphatic heterocycles. The van der Waals surface area contributed by atoms with Crippen LogP contribution >= 0.6 is 0 Å². The van der Waals surface area contributed by atoms with E-state index in [4.69, 9.17) is 5.11 Å². The van der Waals surface area contributed by atoms with Crippen LogP contribution in [0.15, 0.2) is 9.98 Å². The predicted octanol–water partition coefficient (Wildman–Crippen LogP) is -0.984. The lowest BCUT2D eigenvalue weighted by Crippen LogP contribution is -2.30. The van der Waals surface area contributed by atoms with E-state index in [2.05, 4.69) is 15.3 Å². The standard InChI is InChI=1S/C6H7N3O3/c1-6(5(11)12)8-2-4(9-6)7-3-10/h2-3H,1H3,(H,11,12)(H,7,9,10). The number of hydrogen-bond donors (Lipinski definition) is 2. The van der Waals surface area contributed by atoms with E-state index in [1.165, 1.54) is 13.1 Å². The first-order valence-electron chi connectivity index (χ1n) is 3.17. The van der Waals surface area contributed by atoms with Gasteiger partial charge in [-0.1, -0.05) is 0 Å². The van der Waals surface area contributed by atoms with Gasteiger partial charge in [-0.05, 0) is 6.92 Å². The maximum atomic E-state index is 10.5. The molecule has 0 radical (unpaired) electrons. The fourth-order valence-corrected chi connectivity index (χ4v) is 0.712. The zero-order valence-corrected chi connectivity index (χ0v) is 6.31. The van der Waals surface area contributed by atoms with Crippen molar-refractivity contribution >= 4 is 24.4 Å². The van der Waals surface area contributed by atoms with Crippen LogP contribution in [0.2, 0.25) is 0 Å². The normalized spacial score (nSPS) is 26.6. The highest BCUT2D eigenvalue weighted by Crippen LogP contribution is 2.15. The molecule has 64 valence electrons. The molecule has 0 spiro atoms. The van der Waals surface area contributed by atoms with Gasteiger partial charge >= 0.3 is 5.97 Å². The van der Waals surface area contributed by atoms with Crippen LogP contribution in [0.3, 0.4) is 0 Å². The van der Waals surface area contributed by atoms with Crippen LogP contribution < -0.4 is 5.32 Å². The third-order valence-electron chi connectivity index (χ3n) is 1.39. The van der Waals surface area contributed by atoms with Gasteiger partial charge in [-0.3, -0.25) is 4.79 Å². The first kappa shape index (κ1) is 8.38. The molecule has 0 aromatic carbocycles. The van der Waals surface area contributed by atoms with E-state index in [-0.39, 0.29) is 5.84 Å². The predicted molar refractivity (Wildman–Crippen MR) is 41.2 cm³/mol. The molecule has 1 amide bonds. The summed E-state index contributed by atoms with van der Waals surface area (Å²) in [6, 6.07) is 0. The first-order valence-corrected chi connectivity index (χ1v) is 3.17. The average Bonchev–Trinajstić information content (AvgIpc) is 2.34. The summed E-state index contributed by atoms with van der Waals surface area (Å²) >= 11 is 0. The van der Waals surface area contributed by atoms with E-state index >= 15 is 0 Å². The van der Waals surface area contributed by atoms with Gasteiger partial charge in [-0.15, -0.1) is 0 Å². The van der Waals surface area contributed by atoms with Crippen molar-refractivity contribution in [3.8, 4) is 0 Å². The van der Waals surface area contributed by atoms with Gasteiger partial charge in [0.2, 0.25) is 12.1 Å². The molecule has 12 heavy (non-hydrogen) atoms. The van der Waals surface area contributed by atoms with Gasteiger partial charge < -0.3 is 10.4 Å². The van der Waals surface area contributed by atoms with Gasteiger partial charge in [-0.25, -0.2) is 14.8 Å². The minimum atomic E-state index is -1.48. The minimum absolute atomic E-state index is 0.162. The van der Waals surface area contributed by atoms with Gasteiger partial charge in [-0.2, -0.15) is 0 Å². The van der Waals surface area contributed by atoms with Crippen LogP contribution in [0.25, 0.3) is 0 Å². The van der Waals surface area contributed by atoms with E-state index in [9.17, 15) is 9.59 Å². The van der Waals surface area contributed by atoms with E-state index in [1.54, 1.807) is 0 Å². The molecule has 0 saturated heterocycles. The summed E-state index contributed by atoms with van der Waals surface area (Å²) in [4.78, 5) is 27.8. The molecule has 1 rings (SSSR count). The number of carboxylic acids is 1. The van der Waals surface area contributed by atoms with E-state index in [1.807, 2.05) is 0 Å². The van der Waals surface area contributed by atoms with E-state index in [0.29, 0.717) is 6.41 Å². The number of rotatable bonds is 2. The van der Waals surface area contributed by atoms with Crippen LogP contribution in [0.4, 0.5) is 0 Å². The molecule has 0 bridgehead atoms. The van der Waals surface area contributed by atoms with E-state index in [0.717, 1.165) is 0 Å². The monoisotopic (exact) mass is 169 g/mol. The van der Waals surface area contributed by atoms with E-state index < -0.39 is 11.6 Å². The zero-order chi connectivity index (χ0) is 9.19. The molecule has 1 unspecified atom stereocenters. The quantitative estimate of drug-likeness (QED) is 0.520. The highest BCUT2D eigenvalue weighted by Gasteiger charge is 2.34. The number of amidine groups is 1.